The van der Waals surface area contributed by atoms with Gasteiger partial charge in [-0.2, -0.15) is 5.10 Å². The number of aromatic nitrogens is 5. The molecule has 4 heterocycles. The molecule has 202 valence electrons. The molecule has 0 saturated carbocycles. The topological polar surface area (TPSA) is 147 Å². The summed E-state index contributed by atoms with van der Waals surface area (Å²) in [6.45, 7) is 1.65. The Morgan fingerprint density at radius 2 is 1.84 bits per heavy atom. The highest BCUT2D eigenvalue weighted by atomic mass is 16.3. The van der Waals surface area contributed by atoms with Crippen molar-refractivity contribution in [3.8, 4) is 5.82 Å². The average Bonchev–Trinajstić information content (AvgIpc) is 3.48. The molecule has 1 aliphatic heterocycles. The van der Waals surface area contributed by atoms with Crippen LogP contribution in [0.3, 0.4) is 0 Å². The Morgan fingerprint density at radius 3 is 2.61 bits per heavy atom. The van der Waals surface area contributed by atoms with E-state index in [1.54, 1.807) is 23.3 Å². The number of aliphatic hydroxyl groups excluding tert-OH is 1. The van der Waals surface area contributed by atoms with E-state index in [1.807, 2.05) is 24.4 Å². The number of pyridine rings is 1. The van der Waals surface area contributed by atoms with Crippen molar-refractivity contribution in [1.82, 2.24) is 35.4 Å². The Hall–Kier alpha value is -3.86. The van der Waals surface area contributed by atoms with Crippen LogP contribution in [0.15, 0.2) is 43.0 Å². The van der Waals surface area contributed by atoms with E-state index in [4.69, 9.17) is 0 Å². The maximum atomic E-state index is 13.1. The average molecular weight is 521 g/mol. The number of carbonyl (C=O) groups excluding carboxylic acids is 2. The number of nitrogens with zero attached hydrogens (tertiary/aromatic N) is 5. The fraction of sp³-hybridized carbons (Fsp3) is 0.481. The lowest BCUT2D eigenvalue weighted by Gasteiger charge is -2.13. The Balaban J connectivity index is 1.38. The second-order valence-electron chi connectivity index (χ2n) is 9.46. The lowest BCUT2D eigenvalue weighted by atomic mass is 10.0. The molecule has 3 aromatic heterocycles. The molecule has 0 fully saturated rings. The molecule has 4 rings (SSSR count). The molecule has 2 bridgehead atoms. The van der Waals surface area contributed by atoms with Gasteiger partial charge >= 0.3 is 0 Å². The zero-order valence-corrected chi connectivity index (χ0v) is 21.6. The fourth-order valence-electron chi connectivity index (χ4n) is 4.29. The summed E-state index contributed by atoms with van der Waals surface area (Å²) in [5, 5.41) is 23.3. The molecule has 2 amide bonds. The monoisotopic (exact) mass is 520 g/mol. The van der Waals surface area contributed by atoms with E-state index in [0.29, 0.717) is 55.4 Å². The third kappa shape index (κ3) is 8.07. The van der Waals surface area contributed by atoms with Crippen molar-refractivity contribution in [3.63, 3.8) is 0 Å². The van der Waals surface area contributed by atoms with E-state index >= 15 is 0 Å². The highest BCUT2D eigenvalue weighted by Gasteiger charge is 2.17. The number of fused-ring (bicyclic) bond motifs is 2. The van der Waals surface area contributed by atoms with Gasteiger partial charge in [-0.15, -0.1) is 0 Å². The van der Waals surface area contributed by atoms with Crippen LogP contribution in [0, 0.1) is 0 Å². The van der Waals surface area contributed by atoms with E-state index in [2.05, 4.69) is 36.0 Å². The van der Waals surface area contributed by atoms with Gasteiger partial charge in [0, 0.05) is 44.4 Å². The van der Waals surface area contributed by atoms with Crippen molar-refractivity contribution in [2.24, 2.45) is 0 Å². The third-order valence-corrected chi connectivity index (χ3v) is 6.49. The highest BCUT2D eigenvalue weighted by Crippen LogP contribution is 2.15. The van der Waals surface area contributed by atoms with Crippen LogP contribution in [0.4, 0.5) is 5.95 Å². The van der Waals surface area contributed by atoms with Crippen LogP contribution in [0.1, 0.15) is 73.0 Å². The van der Waals surface area contributed by atoms with Gasteiger partial charge in [0.25, 0.3) is 5.91 Å². The summed E-state index contributed by atoms with van der Waals surface area (Å²) >= 11 is 0. The molecule has 3 aromatic rings. The maximum Gasteiger partial charge on any atom is 0.254 e. The van der Waals surface area contributed by atoms with Crippen molar-refractivity contribution >= 4 is 17.8 Å². The van der Waals surface area contributed by atoms with Crippen molar-refractivity contribution in [2.75, 3.05) is 18.4 Å². The zero-order chi connectivity index (χ0) is 26.6. The Kier molecular flexibility index (Phi) is 10.1. The van der Waals surface area contributed by atoms with E-state index in [9.17, 15) is 14.7 Å². The number of aryl methyl sites for hydroxylation is 1. The third-order valence-electron chi connectivity index (χ3n) is 6.49. The zero-order valence-electron chi connectivity index (χ0n) is 21.6. The van der Waals surface area contributed by atoms with Crippen LogP contribution < -0.4 is 16.0 Å². The van der Waals surface area contributed by atoms with Gasteiger partial charge < -0.3 is 21.1 Å². The van der Waals surface area contributed by atoms with Crippen LogP contribution >= 0.6 is 0 Å². The Bertz CT molecular complexity index is 1170. The number of rotatable bonds is 4. The molecule has 0 spiro atoms. The van der Waals surface area contributed by atoms with Gasteiger partial charge in [-0.1, -0.05) is 31.7 Å². The quantitative estimate of drug-likeness (QED) is 0.410. The first kappa shape index (κ1) is 27.2. The van der Waals surface area contributed by atoms with Gasteiger partial charge in [-0.25, -0.2) is 19.6 Å². The SMILES string of the molecule is O=C(NCc1ccc(-n2cccn2)nc1)c1cnc2nc1CCCCCC(O)C(=O)NCCCCCCN2. The van der Waals surface area contributed by atoms with Crippen molar-refractivity contribution in [1.29, 1.82) is 0 Å². The van der Waals surface area contributed by atoms with Gasteiger partial charge in [-0.3, -0.25) is 9.59 Å². The summed E-state index contributed by atoms with van der Waals surface area (Å²) in [5.74, 6) is 0.697. The summed E-state index contributed by atoms with van der Waals surface area (Å²) in [6, 6.07) is 5.59. The molecule has 38 heavy (non-hydrogen) atoms. The minimum atomic E-state index is -0.979. The fourth-order valence-corrected chi connectivity index (χ4v) is 4.29. The van der Waals surface area contributed by atoms with Gasteiger partial charge in [-0.05, 0) is 49.8 Å². The van der Waals surface area contributed by atoms with Crippen molar-refractivity contribution in [2.45, 2.75) is 70.4 Å². The summed E-state index contributed by atoms with van der Waals surface area (Å²) in [4.78, 5) is 38.6. The van der Waals surface area contributed by atoms with E-state index < -0.39 is 6.10 Å². The van der Waals surface area contributed by atoms with Crippen LogP contribution in [0.2, 0.25) is 0 Å². The molecule has 0 saturated heterocycles. The largest absolute Gasteiger partial charge is 0.383 e. The summed E-state index contributed by atoms with van der Waals surface area (Å²) < 4.78 is 1.67. The molecule has 1 atom stereocenters. The smallest absolute Gasteiger partial charge is 0.254 e. The molecule has 1 aliphatic rings. The molecule has 11 heteroatoms. The van der Waals surface area contributed by atoms with Gasteiger partial charge in [0.1, 0.15) is 6.10 Å². The lowest BCUT2D eigenvalue weighted by molar-refractivity contribution is -0.129. The molecule has 0 aliphatic carbocycles. The number of amides is 2. The first-order valence-corrected chi connectivity index (χ1v) is 13.4. The van der Waals surface area contributed by atoms with E-state index in [1.165, 1.54) is 0 Å². The van der Waals surface area contributed by atoms with Crippen LogP contribution in [0.5, 0.6) is 0 Å². The van der Waals surface area contributed by atoms with Crippen LogP contribution in [-0.4, -0.2) is 60.8 Å². The molecule has 4 N–H and O–H groups in total. The standard InChI is InChI=1S/C27H36N8O3/c36-23-10-5-3-4-9-22-21(19-32-27(34-22)29-14-7-2-1-6-13-28-26(23)38)25(37)31-18-20-11-12-24(30-17-20)35-16-8-15-33-35/h8,11-12,15-17,19,23,36H,1-7,9-10,13-14,18H2,(H,28,38)(H,31,37)(H,29,32,34). The second kappa shape index (κ2) is 14.2. The minimum absolute atomic E-state index is 0.239. The molecular formula is C27H36N8O3. The molecule has 1 unspecified atom stereocenters. The van der Waals surface area contributed by atoms with Crippen LogP contribution in [-0.2, 0) is 17.8 Å². The minimum Gasteiger partial charge on any atom is -0.383 e. The van der Waals surface area contributed by atoms with E-state index in [-0.39, 0.29) is 11.8 Å². The molecule has 11 nitrogen and oxygen atoms in total. The highest BCUT2D eigenvalue weighted by molar-refractivity contribution is 5.95. The predicted molar refractivity (Wildman–Crippen MR) is 143 cm³/mol. The second-order valence-corrected chi connectivity index (χ2v) is 9.46. The molecular weight excluding hydrogens is 484 g/mol. The van der Waals surface area contributed by atoms with Gasteiger partial charge in [0.15, 0.2) is 5.82 Å². The normalized spacial score (nSPS) is 17.9. The number of aliphatic hydroxyl groups is 1. The Morgan fingerprint density at radius 1 is 1.03 bits per heavy atom. The number of carbonyl (C=O) groups is 2. The summed E-state index contributed by atoms with van der Waals surface area (Å²) in [7, 11) is 0. The van der Waals surface area contributed by atoms with Gasteiger partial charge in [0.05, 0.1) is 11.3 Å². The first-order valence-electron chi connectivity index (χ1n) is 13.4. The predicted octanol–water partition coefficient (Wildman–Crippen LogP) is 2.55. The van der Waals surface area contributed by atoms with Crippen LogP contribution in [0.25, 0.3) is 5.82 Å². The van der Waals surface area contributed by atoms with E-state index in [0.717, 1.165) is 50.6 Å². The number of hydrogen-bond acceptors (Lipinski definition) is 8. The van der Waals surface area contributed by atoms with Crippen molar-refractivity contribution < 1.29 is 14.7 Å². The summed E-state index contributed by atoms with van der Waals surface area (Å²) in [5.41, 5.74) is 2.00. The lowest BCUT2D eigenvalue weighted by Crippen LogP contribution is -2.35. The number of anilines is 1. The number of nitrogens with one attached hydrogen (secondary N) is 3. The Labute approximate surface area is 222 Å². The molecule has 0 radical (unpaired) electrons. The summed E-state index contributed by atoms with van der Waals surface area (Å²) in [6.07, 6.45) is 13.0. The molecule has 0 aromatic carbocycles. The van der Waals surface area contributed by atoms with Gasteiger partial charge in [0.2, 0.25) is 11.9 Å². The number of hydrogen-bond donors (Lipinski definition) is 4. The van der Waals surface area contributed by atoms with Crippen molar-refractivity contribution in [3.05, 3.63) is 59.8 Å². The maximum absolute atomic E-state index is 13.1. The first-order chi connectivity index (χ1) is 18.6.